The van der Waals surface area contributed by atoms with Crippen molar-refractivity contribution in [2.24, 2.45) is 4.99 Å². The van der Waals surface area contributed by atoms with Gasteiger partial charge in [-0.25, -0.2) is 0 Å². The molecule has 0 radical (unpaired) electrons. The number of rotatable bonds is 2. The van der Waals surface area contributed by atoms with Gasteiger partial charge in [0.15, 0.2) is 0 Å². The summed E-state index contributed by atoms with van der Waals surface area (Å²) < 4.78 is 0. The number of aliphatic imine (C=N–C) groups is 1. The molecule has 0 saturated heterocycles. The first-order chi connectivity index (χ1) is 9.08. The van der Waals surface area contributed by atoms with E-state index >= 15 is 0 Å². The van der Waals surface area contributed by atoms with E-state index in [0.717, 1.165) is 11.3 Å². The fraction of sp³-hybridized carbons (Fsp3) is 0.0714. The van der Waals surface area contributed by atoms with E-state index in [1.54, 1.807) is 25.2 Å². The number of hydrogen-bond acceptors (Lipinski definition) is 1. The molecule has 0 bridgehead atoms. The van der Waals surface area contributed by atoms with Crippen LogP contribution in [0.3, 0.4) is 0 Å². The van der Waals surface area contributed by atoms with Crippen LogP contribution in [0.4, 0.5) is 5.69 Å². The summed E-state index contributed by atoms with van der Waals surface area (Å²) in [7, 11) is 1.70. The fourth-order valence-corrected chi connectivity index (χ4v) is 2.27. The van der Waals surface area contributed by atoms with E-state index in [9.17, 15) is 0 Å². The lowest BCUT2D eigenvalue weighted by Gasteiger charge is -2.10. The third-order valence-corrected chi connectivity index (χ3v) is 3.15. The summed E-state index contributed by atoms with van der Waals surface area (Å²) in [6, 6.07) is 12.7. The third kappa shape index (κ3) is 3.87. The van der Waals surface area contributed by atoms with E-state index < -0.39 is 0 Å². The molecular weight excluding hydrogens is 303 g/mol. The Labute approximate surface area is 127 Å². The summed E-state index contributed by atoms with van der Waals surface area (Å²) in [5, 5.41) is 5.03. The van der Waals surface area contributed by atoms with Gasteiger partial charge >= 0.3 is 0 Å². The SMILES string of the molecule is CN=C(Nc1ccc(Cl)cc1)c1cc(Cl)cc(Cl)c1. The molecule has 0 spiro atoms. The van der Waals surface area contributed by atoms with Gasteiger partial charge in [-0.2, -0.15) is 0 Å². The number of anilines is 1. The van der Waals surface area contributed by atoms with E-state index in [0.29, 0.717) is 20.9 Å². The standard InChI is InChI=1S/C14H11Cl3N2/c1-18-14(9-6-11(16)8-12(17)7-9)19-13-4-2-10(15)3-5-13/h2-8H,1H3,(H,18,19). The van der Waals surface area contributed by atoms with Crippen molar-refractivity contribution in [3.63, 3.8) is 0 Å². The van der Waals surface area contributed by atoms with Crippen molar-refractivity contribution >= 4 is 46.3 Å². The molecule has 0 heterocycles. The second-order valence-corrected chi connectivity index (χ2v) is 5.17. The van der Waals surface area contributed by atoms with Gasteiger partial charge in [0.1, 0.15) is 5.84 Å². The van der Waals surface area contributed by atoms with Gasteiger partial charge in [0.2, 0.25) is 0 Å². The molecule has 98 valence electrons. The number of benzene rings is 2. The lowest BCUT2D eigenvalue weighted by atomic mass is 10.2. The summed E-state index contributed by atoms with van der Waals surface area (Å²) >= 11 is 17.8. The first-order valence-corrected chi connectivity index (χ1v) is 6.68. The highest BCUT2D eigenvalue weighted by atomic mass is 35.5. The maximum atomic E-state index is 5.99. The summed E-state index contributed by atoms with van der Waals surface area (Å²) in [4.78, 5) is 4.21. The van der Waals surface area contributed by atoms with Gasteiger partial charge in [-0.05, 0) is 42.5 Å². The molecule has 0 aliphatic rings. The van der Waals surface area contributed by atoms with Crippen LogP contribution in [0.5, 0.6) is 0 Å². The Bertz CT molecular complexity index is 586. The smallest absolute Gasteiger partial charge is 0.132 e. The second-order valence-electron chi connectivity index (χ2n) is 3.86. The fourth-order valence-electron chi connectivity index (χ4n) is 1.62. The van der Waals surface area contributed by atoms with Crippen molar-refractivity contribution in [2.45, 2.75) is 0 Å². The van der Waals surface area contributed by atoms with Crippen LogP contribution in [0.1, 0.15) is 5.56 Å². The molecule has 2 aromatic rings. The highest BCUT2D eigenvalue weighted by Crippen LogP contribution is 2.21. The van der Waals surface area contributed by atoms with Crippen LogP contribution in [0.2, 0.25) is 15.1 Å². The van der Waals surface area contributed by atoms with Crippen molar-refractivity contribution < 1.29 is 0 Å². The monoisotopic (exact) mass is 312 g/mol. The van der Waals surface area contributed by atoms with Crippen molar-refractivity contribution in [2.75, 3.05) is 12.4 Å². The Balaban J connectivity index is 2.28. The molecule has 0 aliphatic heterocycles. The second kappa shape index (κ2) is 6.29. The molecule has 0 unspecified atom stereocenters. The van der Waals surface area contributed by atoms with Crippen LogP contribution in [0.25, 0.3) is 0 Å². The first kappa shape index (κ1) is 14.2. The molecule has 0 atom stereocenters. The minimum atomic E-state index is 0.571. The largest absolute Gasteiger partial charge is 0.340 e. The highest BCUT2D eigenvalue weighted by Gasteiger charge is 2.06. The molecule has 0 saturated carbocycles. The summed E-state index contributed by atoms with van der Waals surface area (Å²) in [5.41, 5.74) is 1.72. The highest BCUT2D eigenvalue weighted by molar-refractivity contribution is 6.35. The maximum absolute atomic E-state index is 5.99. The van der Waals surface area contributed by atoms with E-state index in [2.05, 4.69) is 10.3 Å². The molecule has 0 aliphatic carbocycles. The molecule has 0 amide bonds. The van der Waals surface area contributed by atoms with E-state index in [1.807, 2.05) is 24.3 Å². The predicted octanol–water partition coefficient (Wildman–Crippen LogP) is 5.14. The van der Waals surface area contributed by atoms with Crippen molar-refractivity contribution in [3.8, 4) is 0 Å². The third-order valence-electron chi connectivity index (χ3n) is 2.47. The van der Waals surface area contributed by atoms with Crippen LogP contribution in [-0.2, 0) is 0 Å². The van der Waals surface area contributed by atoms with Gasteiger partial charge in [0.05, 0.1) is 0 Å². The molecule has 2 aromatic carbocycles. The molecular formula is C14H11Cl3N2. The zero-order valence-electron chi connectivity index (χ0n) is 10.1. The quantitative estimate of drug-likeness (QED) is 0.603. The number of nitrogens with zero attached hydrogens (tertiary/aromatic N) is 1. The van der Waals surface area contributed by atoms with Crippen molar-refractivity contribution in [1.29, 1.82) is 0 Å². The summed E-state index contributed by atoms with van der Waals surface area (Å²) in [6.45, 7) is 0. The number of nitrogens with one attached hydrogen (secondary N) is 1. The summed E-state index contributed by atoms with van der Waals surface area (Å²) in [5.74, 6) is 0.687. The van der Waals surface area contributed by atoms with Crippen LogP contribution in [0, 0.1) is 0 Å². The zero-order valence-corrected chi connectivity index (χ0v) is 12.4. The molecule has 0 aromatic heterocycles. The van der Waals surface area contributed by atoms with Crippen LogP contribution < -0.4 is 5.32 Å². The van der Waals surface area contributed by atoms with Gasteiger partial charge in [0, 0.05) is 33.4 Å². The van der Waals surface area contributed by atoms with Crippen LogP contribution in [0.15, 0.2) is 47.5 Å². The molecule has 19 heavy (non-hydrogen) atoms. The van der Waals surface area contributed by atoms with Gasteiger partial charge < -0.3 is 5.32 Å². The predicted molar refractivity (Wildman–Crippen MR) is 84.0 cm³/mol. The van der Waals surface area contributed by atoms with Crippen molar-refractivity contribution in [3.05, 3.63) is 63.1 Å². The van der Waals surface area contributed by atoms with Crippen LogP contribution in [-0.4, -0.2) is 12.9 Å². The van der Waals surface area contributed by atoms with Crippen molar-refractivity contribution in [1.82, 2.24) is 0 Å². The minimum absolute atomic E-state index is 0.571. The molecule has 5 heteroatoms. The number of amidine groups is 1. The average molecular weight is 314 g/mol. The lowest BCUT2D eigenvalue weighted by molar-refractivity contribution is 1.40. The molecule has 1 N–H and O–H groups in total. The van der Waals surface area contributed by atoms with Gasteiger partial charge in [-0.15, -0.1) is 0 Å². The van der Waals surface area contributed by atoms with Gasteiger partial charge in [-0.3, -0.25) is 4.99 Å². The Morgan fingerprint density at radius 3 is 2.00 bits per heavy atom. The maximum Gasteiger partial charge on any atom is 0.132 e. The first-order valence-electron chi connectivity index (χ1n) is 5.54. The van der Waals surface area contributed by atoms with E-state index in [4.69, 9.17) is 34.8 Å². The lowest BCUT2D eigenvalue weighted by Crippen LogP contribution is -2.13. The molecule has 2 nitrogen and oxygen atoms in total. The number of halogens is 3. The van der Waals surface area contributed by atoms with Gasteiger partial charge in [0.25, 0.3) is 0 Å². The molecule has 2 rings (SSSR count). The minimum Gasteiger partial charge on any atom is -0.340 e. The summed E-state index contributed by atoms with van der Waals surface area (Å²) in [6.07, 6.45) is 0. The number of hydrogen-bond donors (Lipinski definition) is 1. The Morgan fingerprint density at radius 1 is 0.895 bits per heavy atom. The van der Waals surface area contributed by atoms with E-state index in [-0.39, 0.29) is 0 Å². The average Bonchev–Trinajstić information content (AvgIpc) is 2.37. The Kier molecular flexibility index (Phi) is 4.70. The zero-order chi connectivity index (χ0) is 13.8. The molecule has 0 fully saturated rings. The van der Waals surface area contributed by atoms with E-state index in [1.165, 1.54) is 0 Å². The topological polar surface area (TPSA) is 24.4 Å². The Hall–Kier alpha value is -1.22. The Morgan fingerprint density at radius 2 is 1.47 bits per heavy atom. The van der Waals surface area contributed by atoms with Gasteiger partial charge in [-0.1, -0.05) is 34.8 Å². The van der Waals surface area contributed by atoms with Crippen LogP contribution >= 0.6 is 34.8 Å². The normalized spacial score (nSPS) is 11.5.